The zero-order chi connectivity index (χ0) is 15.4. The van der Waals surface area contributed by atoms with Crippen LogP contribution >= 0.6 is 0 Å². The first-order chi connectivity index (χ1) is 9.91. The molecular formula is C18H24N2O. The summed E-state index contributed by atoms with van der Waals surface area (Å²) in [5.41, 5.74) is 5.40. The summed E-state index contributed by atoms with van der Waals surface area (Å²) in [4.78, 5) is 14.3. The van der Waals surface area contributed by atoms with Crippen LogP contribution in [-0.2, 0) is 19.0 Å². The van der Waals surface area contributed by atoms with Crippen molar-refractivity contribution in [3.05, 3.63) is 57.0 Å². The number of nitrogens with zero attached hydrogens (tertiary/aromatic N) is 2. The lowest BCUT2D eigenvalue weighted by Gasteiger charge is -2.52. The lowest BCUT2D eigenvalue weighted by Crippen LogP contribution is -2.51. The second-order valence-electron chi connectivity index (χ2n) is 6.59. The van der Waals surface area contributed by atoms with Crippen LogP contribution in [0.1, 0.15) is 31.5 Å². The van der Waals surface area contributed by atoms with Gasteiger partial charge in [0.2, 0.25) is 5.56 Å². The zero-order valence-electron chi connectivity index (χ0n) is 13.6. The molecule has 0 unspecified atom stereocenters. The monoisotopic (exact) mass is 284 g/mol. The third kappa shape index (κ3) is 1.80. The number of pyridine rings is 1. The molecule has 2 aliphatic rings. The average Bonchev–Trinajstić information content (AvgIpc) is 2.42. The molecule has 0 N–H and O–H groups in total. The highest BCUT2D eigenvalue weighted by atomic mass is 16.1. The lowest BCUT2D eigenvalue weighted by molar-refractivity contribution is 0.161. The summed E-state index contributed by atoms with van der Waals surface area (Å²) in [5.74, 6) is 0.409. The zero-order valence-corrected chi connectivity index (χ0v) is 13.6. The standard InChI is InChI=1S/C18H24N2O/c1-6-14-13-9-12(2)11-18(14,19(3)4)15-7-8-17(21)20(5)16(15)10-13/h6-9,13H,10-11H2,1-5H3/t13-,18+/m0/s1. The quantitative estimate of drug-likeness (QED) is 0.741. The number of allylic oxidation sites excluding steroid dienone is 2. The molecule has 2 atom stereocenters. The van der Waals surface area contributed by atoms with Gasteiger partial charge in [0.1, 0.15) is 0 Å². The molecule has 3 heteroatoms. The van der Waals surface area contributed by atoms with Gasteiger partial charge in [0, 0.05) is 24.7 Å². The van der Waals surface area contributed by atoms with Gasteiger partial charge in [-0.15, -0.1) is 0 Å². The van der Waals surface area contributed by atoms with Crippen molar-refractivity contribution in [1.29, 1.82) is 0 Å². The topological polar surface area (TPSA) is 25.2 Å². The van der Waals surface area contributed by atoms with Crippen LogP contribution in [0.5, 0.6) is 0 Å². The molecule has 2 bridgehead atoms. The van der Waals surface area contributed by atoms with E-state index in [1.807, 2.05) is 11.6 Å². The van der Waals surface area contributed by atoms with Gasteiger partial charge in [-0.1, -0.05) is 17.7 Å². The van der Waals surface area contributed by atoms with Crippen molar-refractivity contribution in [1.82, 2.24) is 9.47 Å². The molecule has 3 rings (SSSR count). The van der Waals surface area contributed by atoms with Crippen LogP contribution in [0.3, 0.4) is 0 Å². The summed E-state index contributed by atoms with van der Waals surface area (Å²) in [6.45, 7) is 4.37. The Morgan fingerprint density at radius 3 is 2.71 bits per heavy atom. The van der Waals surface area contributed by atoms with Gasteiger partial charge in [-0.25, -0.2) is 0 Å². The number of rotatable bonds is 1. The highest BCUT2D eigenvalue weighted by Gasteiger charge is 2.48. The van der Waals surface area contributed by atoms with E-state index in [1.165, 1.54) is 22.4 Å². The highest BCUT2D eigenvalue weighted by molar-refractivity contribution is 5.49. The molecule has 0 spiro atoms. The predicted molar refractivity (Wildman–Crippen MR) is 86.4 cm³/mol. The fourth-order valence-corrected chi connectivity index (χ4v) is 4.34. The van der Waals surface area contributed by atoms with Gasteiger partial charge in [-0.2, -0.15) is 0 Å². The van der Waals surface area contributed by atoms with E-state index in [-0.39, 0.29) is 11.1 Å². The fraction of sp³-hybridized carbons (Fsp3) is 0.500. The Bertz CT molecular complexity index is 708. The van der Waals surface area contributed by atoms with E-state index < -0.39 is 0 Å². The molecular weight excluding hydrogens is 260 g/mol. The van der Waals surface area contributed by atoms with Crippen molar-refractivity contribution in [3.63, 3.8) is 0 Å². The van der Waals surface area contributed by atoms with Gasteiger partial charge in [-0.3, -0.25) is 9.69 Å². The van der Waals surface area contributed by atoms with Gasteiger partial charge in [-0.05, 0) is 58.0 Å². The molecule has 0 radical (unpaired) electrons. The van der Waals surface area contributed by atoms with Crippen LogP contribution in [0, 0.1) is 5.92 Å². The van der Waals surface area contributed by atoms with Gasteiger partial charge in [0.25, 0.3) is 0 Å². The fourth-order valence-electron chi connectivity index (χ4n) is 4.34. The minimum atomic E-state index is -0.0999. The molecule has 21 heavy (non-hydrogen) atoms. The molecule has 0 fully saturated rings. The van der Waals surface area contributed by atoms with E-state index in [1.54, 1.807) is 6.07 Å². The number of hydrogen-bond acceptors (Lipinski definition) is 2. The minimum Gasteiger partial charge on any atom is -0.315 e. The van der Waals surface area contributed by atoms with Gasteiger partial charge in [0.05, 0.1) is 5.54 Å². The van der Waals surface area contributed by atoms with Crippen LogP contribution < -0.4 is 5.56 Å². The smallest absolute Gasteiger partial charge is 0.250 e. The van der Waals surface area contributed by atoms with Crippen molar-refractivity contribution < 1.29 is 0 Å². The summed E-state index contributed by atoms with van der Waals surface area (Å²) in [7, 11) is 6.20. The van der Waals surface area contributed by atoms with Crippen LogP contribution in [0.2, 0.25) is 0 Å². The largest absolute Gasteiger partial charge is 0.315 e. The van der Waals surface area contributed by atoms with Gasteiger partial charge in [0.15, 0.2) is 0 Å². The molecule has 3 nitrogen and oxygen atoms in total. The third-order valence-electron chi connectivity index (χ3n) is 5.27. The van der Waals surface area contributed by atoms with E-state index >= 15 is 0 Å². The Balaban J connectivity index is 2.38. The normalized spacial score (nSPS) is 29.5. The minimum absolute atomic E-state index is 0.0883. The maximum atomic E-state index is 12.0. The van der Waals surface area contributed by atoms with E-state index in [0.29, 0.717) is 5.92 Å². The molecule has 0 aromatic carbocycles. The van der Waals surface area contributed by atoms with Gasteiger partial charge < -0.3 is 4.57 Å². The average molecular weight is 284 g/mol. The Morgan fingerprint density at radius 1 is 1.38 bits per heavy atom. The van der Waals surface area contributed by atoms with Crippen molar-refractivity contribution >= 4 is 0 Å². The van der Waals surface area contributed by atoms with Crippen LogP contribution in [-0.4, -0.2) is 23.6 Å². The third-order valence-corrected chi connectivity index (χ3v) is 5.27. The maximum Gasteiger partial charge on any atom is 0.250 e. The number of aromatic nitrogens is 1. The molecule has 1 aromatic heterocycles. The second kappa shape index (κ2) is 4.70. The van der Waals surface area contributed by atoms with E-state index in [4.69, 9.17) is 0 Å². The van der Waals surface area contributed by atoms with E-state index in [0.717, 1.165) is 12.8 Å². The van der Waals surface area contributed by atoms with E-state index in [2.05, 4.69) is 51.1 Å². The second-order valence-corrected chi connectivity index (χ2v) is 6.59. The molecule has 1 heterocycles. The molecule has 0 amide bonds. The first kappa shape index (κ1) is 14.3. The molecule has 0 saturated heterocycles. The Morgan fingerprint density at radius 2 is 2.10 bits per heavy atom. The van der Waals surface area contributed by atoms with Crippen LogP contribution in [0.4, 0.5) is 0 Å². The number of fused-ring (bicyclic) bond motifs is 4. The molecule has 112 valence electrons. The molecule has 1 aromatic rings. The summed E-state index contributed by atoms with van der Waals surface area (Å²) in [5, 5.41) is 0. The van der Waals surface area contributed by atoms with Crippen LogP contribution in [0.25, 0.3) is 0 Å². The number of likely N-dealkylation sites (N-methyl/N-ethyl adjacent to an activating group) is 1. The SMILES string of the molecule is CC=C1[C@H]2C=C(C)C[C@]1(N(C)C)c1ccc(=O)n(C)c1C2. The maximum absolute atomic E-state index is 12.0. The summed E-state index contributed by atoms with van der Waals surface area (Å²) in [6, 6.07) is 3.77. The Kier molecular flexibility index (Phi) is 3.21. The first-order valence-corrected chi connectivity index (χ1v) is 7.62. The van der Waals surface area contributed by atoms with Crippen molar-refractivity contribution in [2.45, 2.75) is 32.2 Å². The predicted octanol–water partition coefficient (Wildman–Crippen LogP) is 2.61. The van der Waals surface area contributed by atoms with Crippen LogP contribution in [0.15, 0.2) is 40.2 Å². The lowest BCUT2D eigenvalue weighted by atomic mass is 9.62. The van der Waals surface area contributed by atoms with Gasteiger partial charge >= 0.3 is 0 Å². The summed E-state index contributed by atoms with van der Waals surface area (Å²) in [6.07, 6.45) is 6.59. The van der Waals surface area contributed by atoms with Crippen molar-refractivity contribution in [2.24, 2.45) is 13.0 Å². The molecule has 0 saturated carbocycles. The first-order valence-electron chi connectivity index (χ1n) is 7.62. The van der Waals surface area contributed by atoms with Crippen molar-refractivity contribution in [3.8, 4) is 0 Å². The number of hydrogen-bond donors (Lipinski definition) is 0. The molecule has 2 aliphatic carbocycles. The van der Waals surface area contributed by atoms with E-state index in [9.17, 15) is 4.79 Å². The van der Waals surface area contributed by atoms with Crippen molar-refractivity contribution in [2.75, 3.05) is 14.1 Å². The summed E-state index contributed by atoms with van der Waals surface area (Å²) >= 11 is 0. The Hall–Kier alpha value is -1.61. The molecule has 0 aliphatic heterocycles. The highest BCUT2D eigenvalue weighted by Crippen LogP contribution is 2.52. The summed E-state index contributed by atoms with van der Waals surface area (Å²) < 4.78 is 1.83. The Labute approximate surface area is 126 Å².